The van der Waals surface area contributed by atoms with E-state index in [-0.39, 0.29) is 29.8 Å². The zero-order chi connectivity index (χ0) is 26.5. The van der Waals surface area contributed by atoms with Gasteiger partial charge in [-0.15, -0.1) is 0 Å². The molecule has 10 heteroatoms. The minimum atomic E-state index is -1.10. The molecule has 37 heavy (non-hydrogen) atoms. The van der Waals surface area contributed by atoms with E-state index in [2.05, 4.69) is 10.6 Å². The molecule has 1 aliphatic rings. The number of nitrogens with zero attached hydrogens (tertiary/aromatic N) is 1. The molecule has 0 aliphatic carbocycles. The first-order chi connectivity index (χ1) is 17.7. The fraction of sp³-hybridized carbons (Fsp3) is 0.185. The minimum absolute atomic E-state index is 0.0506. The first-order valence-corrected chi connectivity index (χ1v) is 11.6. The number of hydrogen-bond acceptors (Lipinski definition) is 6. The maximum absolute atomic E-state index is 13.6. The Bertz CT molecular complexity index is 1330. The van der Waals surface area contributed by atoms with Crippen LogP contribution in [0.4, 0.5) is 11.4 Å². The Balaban J connectivity index is 1.65. The summed E-state index contributed by atoms with van der Waals surface area (Å²) in [6.07, 6.45) is -0.285. The largest absolute Gasteiger partial charge is 0.508 e. The molecule has 0 spiro atoms. The number of hydrogen-bond donors (Lipinski definition) is 5. The zero-order valence-electron chi connectivity index (χ0n) is 19.8. The number of carboxylic acids is 1. The van der Waals surface area contributed by atoms with Crippen LogP contribution in [-0.2, 0) is 20.8 Å². The van der Waals surface area contributed by atoms with Gasteiger partial charge in [0.15, 0.2) is 0 Å². The van der Waals surface area contributed by atoms with Crippen LogP contribution in [0, 0.1) is 0 Å². The number of fused-ring (bicyclic) bond motifs is 1. The molecule has 2 atom stereocenters. The fourth-order valence-electron chi connectivity index (χ4n) is 4.25. The lowest BCUT2D eigenvalue weighted by atomic mass is 10.0. The number of aliphatic carboxylic acids is 1. The first kappa shape index (κ1) is 25.2. The molecule has 1 heterocycles. The summed E-state index contributed by atoms with van der Waals surface area (Å²) in [7, 11) is 0. The number of carboxylic acid groups (broad SMARTS) is 1. The van der Waals surface area contributed by atoms with Gasteiger partial charge in [-0.25, -0.2) is 0 Å². The number of phenols is 1. The van der Waals surface area contributed by atoms with Crippen LogP contribution in [0.3, 0.4) is 0 Å². The maximum atomic E-state index is 13.6. The molecular formula is C27H26N4O6. The molecule has 190 valence electrons. The summed E-state index contributed by atoms with van der Waals surface area (Å²) in [5.41, 5.74) is 7.87. The van der Waals surface area contributed by atoms with Gasteiger partial charge in [0.1, 0.15) is 18.3 Å². The Hall–Kier alpha value is -4.86. The van der Waals surface area contributed by atoms with Crippen LogP contribution in [0.15, 0.2) is 72.8 Å². The van der Waals surface area contributed by atoms with Gasteiger partial charge in [0, 0.05) is 12.1 Å². The summed E-state index contributed by atoms with van der Waals surface area (Å²) in [5.74, 6) is -2.75. The van der Waals surface area contributed by atoms with Crippen molar-refractivity contribution < 1.29 is 29.4 Å². The lowest BCUT2D eigenvalue weighted by Gasteiger charge is -2.29. The molecule has 3 amide bonds. The number of amides is 3. The lowest BCUT2D eigenvalue weighted by molar-refractivity contribution is -0.137. The standard InChI is InChI=1S/C27H26N4O6/c28-18-8-11-21-20(13-18)27(37)31(23(26(36)30-21)12-16-6-9-19(32)10-7-16)15-24(33)29-22(14-25(34)35)17-4-2-1-3-5-17/h1-11,13,22-23,32H,12,14-15,28H2,(H,29,33)(H,30,36)(H,34,35)/t22-,23+/m1/s1. The van der Waals surface area contributed by atoms with Gasteiger partial charge in [0.05, 0.1) is 23.7 Å². The SMILES string of the molecule is Nc1ccc2c(c1)C(=O)N(CC(=O)N[C@H](CC(=O)O)c1ccccc1)[C@@H](Cc1ccc(O)cc1)C(=O)N2. The number of nitrogen functional groups attached to an aromatic ring is 1. The molecule has 6 N–H and O–H groups in total. The lowest BCUT2D eigenvalue weighted by Crippen LogP contribution is -2.51. The third-order valence-electron chi connectivity index (χ3n) is 6.07. The Morgan fingerprint density at radius 2 is 1.73 bits per heavy atom. The van der Waals surface area contributed by atoms with Crippen LogP contribution < -0.4 is 16.4 Å². The molecule has 0 radical (unpaired) electrons. The number of carbonyl (C=O) groups is 4. The van der Waals surface area contributed by atoms with Crippen molar-refractivity contribution in [3.8, 4) is 5.75 Å². The summed E-state index contributed by atoms with van der Waals surface area (Å²) in [6, 6.07) is 17.4. The number of carbonyl (C=O) groups excluding carboxylic acids is 3. The van der Waals surface area contributed by atoms with Crippen LogP contribution in [0.2, 0.25) is 0 Å². The van der Waals surface area contributed by atoms with Gasteiger partial charge in [-0.3, -0.25) is 19.2 Å². The number of nitrogens with two attached hydrogens (primary N) is 1. The maximum Gasteiger partial charge on any atom is 0.305 e. The van der Waals surface area contributed by atoms with E-state index in [1.807, 2.05) is 0 Å². The molecule has 4 rings (SSSR count). The zero-order valence-corrected chi connectivity index (χ0v) is 19.8. The monoisotopic (exact) mass is 502 g/mol. The summed E-state index contributed by atoms with van der Waals surface area (Å²) in [4.78, 5) is 52.7. The highest BCUT2D eigenvalue weighted by atomic mass is 16.4. The van der Waals surface area contributed by atoms with Crippen molar-refractivity contribution in [3.63, 3.8) is 0 Å². The highest BCUT2D eigenvalue weighted by Crippen LogP contribution is 2.27. The molecule has 3 aromatic carbocycles. The Kier molecular flexibility index (Phi) is 7.38. The van der Waals surface area contributed by atoms with Gasteiger partial charge in [-0.2, -0.15) is 0 Å². The van der Waals surface area contributed by atoms with Gasteiger partial charge in [-0.1, -0.05) is 42.5 Å². The average Bonchev–Trinajstić information content (AvgIpc) is 2.95. The average molecular weight is 503 g/mol. The minimum Gasteiger partial charge on any atom is -0.508 e. The molecule has 0 fully saturated rings. The van der Waals surface area contributed by atoms with Crippen molar-refractivity contribution >= 4 is 35.1 Å². The number of phenolic OH excluding ortho intramolecular Hbond substituents is 1. The van der Waals surface area contributed by atoms with Crippen molar-refractivity contribution in [3.05, 3.63) is 89.5 Å². The highest BCUT2D eigenvalue weighted by molar-refractivity contribution is 6.11. The Labute approximate surface area is 212 Å². The quantitative estimate of drug-likeness (QED) is 0.295. The first-order valence-electron chi connectivity index (χ1n) is 11.6. The third-order valence-corrected chi connectivity index (χ3v) is 6.07. The van der Waals surface area contributed by atoms with Crippen molar-refractivity contribution in [1.82, 2.24) is 10.2 Å². The molecule has 0 bridgehead atoms. The fourth-order valence-corrected chi connectivity index (χ4v) is 4.25. The van der Waals surface area contributed by atoms with E-state index >= 15 is 0 Å². The van der Waals surface area contributed by atoms with Crippen LogP contribution in [0.25, 0.3) is 0 Å². The van der Waals surface area contributed by atoms with E-state index in [1.165, 1.54) is 24.3 Å². The van der Waals surface area contributed by atoms with E-state index in [9.17, 15) is 29.4 Å². The van der Waals surface area contributed by atoms with Crippen molar-refractivity contribution in [2.45, 2.75) is 24.9 Å². The molecule has 0 aromatic heterocycles. The van der Waals surface area contributed by atoms with E-state index in [0.717, 1.165) is 4.90 Å². The van der Waals surface area contributed by atoms with E-state index in [4.69, 9.17) is 5.73 Å². The molecule has 10 nitrogen and oxygen atoms in total. The molecular weight excluding hydrogens is 476 g/mol. The van der Waals surface area contributed by atoms with E-state index < -0.39 is 42.3 Å². The molecule has 0 saturated heterocycles. The van der Waals surface area contributed by atoms with Crippen LogP contribution in [-0.4, -0.2) is 51.4 Å². The molecule has 3 aromatic rings. The molecule has 0 unspecified atom stereocenters. The van der Waals surface area contributed by atoms with Crippen molar-refractivity contribution in [2.75, 3.05) is 17.6 Å². The smallest absolute Gasteiger partial charge is 0.305 e. The Morgan fingerprint density at radius 3 is 2.41 bits per heavy atom. The van der Waals surface area contributed by atoms with Gasteiger partial charge in [0.25, 0.3) is 5.91 Å². The predicted molar refractivity (Wildman–Crippen MR) is 136 cm³/mol. The second-order valence-corrected chi connectivity index (χ2v) is 8.74. The Morgan fingerprint density at radius 1 is 1.03 bits per heavy atom. The predicted octanol–water partition coefficient (Wildman–Crippen LogP) is 2.31. The van der Waals surface area contributed by atoms with Crippen LogP contribution in [0.1, 0.15) is 33.9 Å². The van der Waals surface area contributed by atoms with Crippen molar-refractivity contribution in [1.29, 1.82) is 0 Å². The summed E-state index contributed by atoms with van der Waals surface area (Å²) >= 11 is 0. The van der Waals surface area contributed by atoms with E-state index in [0.29, 0.717) is 16.8 Å². The van der Waals surface area contributed by atoms with Gasteiger partial charge in [-0.05, 0) is 41.5 Å². The van der Waals surface area contributed by atoms with Crippen LogP contribution >= 0.6 is 0 Å². The molecule has 1 aliphatic heterocycles. The number of benzene rings is 3. The highest BCUT2D eigenvalue weighted by Gasteiger charge is 2.37. The van der Waals surface area contributed by atoms with Crippen molar-refractivity contribution in [2.24, 2.45) is 0 Å². The third kappa shape index (κ3) is 6.04. The normalized spacial score (nSPS) is 15.8. The summed E-state index contributed by atoms with van der Waals surface area (Å²) in [5, 5.41) is 24.4. The van der Waals surface area contributed by atoms with Crippen LogP contribution in [0.5, 0.6) is 5.75 Å². The topological polar surface area (TPSA) is 162 Å². The second kappa shape index (κ2) is 10.8. The number of rotatable bonds is 8. The van der Waals surface area contributed by atoms with Gasteiger partial charge < -0.3 is 31.5 Å². The van der Waals surface area contributed by atoms with E-state index in [1.54, 1.807) is 48.5 Å². The van der Waals surface area contributed by atoms with Gasteiger partial charge in [0.2, 0.25) is 11.8 Å². The molecule has 0 saturated carbocycles. The van der Waals surface area contributed by atoms with Gasteiger partial charge >= 0.3 is 5.97 Å². The summed E-state index contributed by atoms with van der Waals surface area (Å²) < 4.78 is 0. The number of aromatic hydroxyl groups is 1. The number of anilines is 2. The summed E-state index contributed by atoms with van der Waals surface area (Å²) in [6.45, 7) is -0.494. The number of nitrogens with one attached hydrogen (secondary N) is 2. The second-order valence-electron chi connectivity index (χ2n) is 8.74.